The third-order valence-electron chi connectivity index (χ3n) is 14.7. The Labute approximate surface area is 402 Å². The van der Waals surface area contributed by atoms with Gasteiger partial charge in [0.2, 0.25) is 0 Å². The summed E-state index contributed by atoms with van der Waals surface area (Å²) in [4.78, 5) is 88.3. The van der Waals surface area contributed by atoms with Crippen LogP contribution >= 0.6 is 0 Å². The van der Waals surface area contributed by atoms with Crippen LogP contribution in [0.25, 0.3) is 44.6 Å². The lowest BCUT2D eigenvalue weighted by molar-refractivity contribution is -0.172. The van der Waals surface area contributed by atoms with E-state index in [1.165, 1.54) is 0 Å². The summed E-state index contributed by atoms with van der Waals surface area (Å²) < 4.78 is 25.2. The highest BCUT2D eigenvalue weighted by molar-refractivity contribution is 5.92. The molecule has 0 radical (unpaired) electrons. The van der Waals surface area contributed by atoms with Gasteiger partial charge < -0.3 is 38.3 Å². The van der Waals surface area contributed by atoms with Crippen LogP contribution in [0.1, 0.15) is 136 Å². The van der Waals surface area contributed by atoms with Crippen LogP contribution in [0.15, 0.2) is 58.1 Å². The fourth-order valence-corrected chi connectivity index (χ4v) is 10.8. The second-order valence-corrected chi connectivity index (χ2v) is 18.7. The molecule has 8 heterocycles. The molecule has 16 nitrogen and oxygen atoms in total. The monoisotopic (exact) mass is 950 g/mol. The topological polar surface area (TPSA) is 215 Å². The third kappa shape index (κ3) is 7.59. The van der Waals surface area contributed by atoms with Crippen molar-refractivity contribution in [1.82, 2.24) is 19.1 Å². The summed E-state index contributed by atoms with van der Waals surface area (Å²) in [6.45, 7) is 7.55. The Morgan fingerprint density at radius 2 is 0.986 bits per heavy atom. The van der Waals surface area contributed by atoms with Gasteiger partial charge in [0.1, 0.15) is 24.7 Å². The molecule has 0 spiro atoms. The molecule has 4 aliphatic heterocycles. The van der Waals surface area contributed by atoms with Crippen molar-refractivity contribution in [1.29, 1.82) is 0 Å². The predicted molar refractivity (Wildman–Crippen MR) is 256 cm³/mol. The van der Waals surface area contributed by atoms with Gasteiger partial charge in [-0.3, -0.25) is 19.2 Å². The Kier molecular flexibility index (Phi) is 12.0. The molecule has 6 aromatic rings. The molecule has 0 aliphatic carbocycles. The summed E-state index contributed by atoms with van der Waals surface area (Å²) in [5.74, 6) is -1.39. The molecule has 0 saturated heterocycles. The van der Waals surface area contributed by atoms with Gasteiger partial charge in [-0.15, -0.1) is 0 Å². The third-order valence-corrected chi connectivity index (χ3v) is 14.7. The molecule has 10 rings (SSSR count). The van der Waals surface area contributed by atoms with Crippen LogP contribution in [0.4, 0.5) is 0 Å². The van der Waals surface area contributed by atoms with E-state index in [0.29, 0.717) is 71.0 Å². The molecule has 4 aliphatic rings. The molecule has 16 heteroatoms. The van der Waals surface area contributed by atoms with Gasteiger partial charge in [-0.1, -0.05) is 53.4 Å². The highest BCUT2D eigenvalue weighted by atomic mass is 16.6. The molecule has 0 amide bonds. The normalized spacial score (nSPS) is 18.4. The first kappa shape index (κ1) is 46.7. The number of hydrogen-bond acceptors (Lipinski definition) is 14. The number of carbonyl (C=O) groups is 4. The lowest BCUT2D eigenvalue weighted by atomic mass is 9.86. The second kappa shape index (κ2) is 18.0. The van der Waals surface area contributed by atoms with Crippen LogP contribution in [0.2, 0.25) is 0 Å². The lowest BCUT2D eigenvalue weighted by Gasteiger charge is -2.31. The fourth-order valence-electron chi connectivity index (χ4n) is 10.8. The minimum atomic E-state index is -1.91. The minimum absolute atomic E-state index is 0.0603. The molecule has 4 aromatic heterocycles. The van der Waals surface area contributed by atoms with Crippen molar-refractivity contribution in [3.05, 3.63) is 114 Å². The number of unbranched alkanes of at least 4 members (excludes halogenated alkanes) is 5. The van der Waals surface area contributed by atoms with E-state index in [0.717, 1.165) is 58.7 Å². The Hall–Kier alpha value is -7.04. The van der Waals surface area contributed by atoms with Crippen molar-refractivity contribution < 1.29 is 48.3 Å². The van der Waals surface area contributed by atoms with E-state index in [-0.39, 0.29) is 97.3 Å². The van der Waals surface area contributed by atoms with Gasteiger partial charge >= 0.3 is 23.9 Å². The zero-order chi connectivity index (χ0) is 49.2. The van der Waals surface area contributed by atoms with Crippen molar-refractivity contribution >= 4 is 45.7 Å². The number of rotatable bonds is 15. The molecule has 2 atom stereocenters. The van der Waals surface area contributed by atoms with E-state index in [1.807, 2.05) is 26.0 Å². The summed E-state index contributed by atoms with van der Waals surface area (Å²) in [7, 11) is 0. The first-order valence-corrected chi connectivity index (χ1v) is 24.4. The van der Waals surface area contributed by atoms with Gasteiger partial charge in [0.25, 0.3) is 11.1 Å². The van der Waals surface area contributed by atoms with Gasteiger partial charge in [0.05, 0.1) is 58.0 Å². The molecule has 0 fully saturated rings. The van der Waals surface area contributed by atoms with Crippen LogP contribution in [-0.4, -0.2) is 53.2 Å². The molecule has 362 valence electrons. The Bertz CT molecular complexity index is 3130. The largest absolute Gasteiger partial charge is 0.458 e. The Morgan fingerprint density at radius 1 is 0.586 bits per heavy atom. The number of cyclic esters (lactones) is 2. The molecule has 0 unspecified atom stereocenters. The van der Waals surface area contributed by atoms with E-state index in [2.05, 4.69) is 0 Å². The maximum atomic E-state index is 13.7. The number of fused-ring (bicyclic) bond motifs is 10. The number of aryl methyl sites for hydroxylation is 2. The highest BCUT2D eigenvalue weighted by Crippen LogP contribution is 2.43. The molecule has 0 saturated carbocycles. The summed E-state index contributed by atoms with van der Waals surface area (Å²) in [5, 5.41) is 24.1. The van der Waals surface area contributed by atoms with Crippen molar-refractivity contribution in [2.75, 3.05) is 0 Å². The predicted octanol–water partition coefficient (Wildman–Crippen LogP) is 7.23. The average molecular weight is 951 g/mol. The minimum Gasteiger partial charge on any atom is -0.458 e. The highest BCUT2D eigenvalue weighted by Gasteiger charge is 2.47. The quantitative estimate of drug-likeness (QED) is 0.0589. The zero-order valence-corrected chi connectivity index (χ0v) is 39.7. The van der Waals surface area contributed by atoms with Gasteiger partial charge in [0, 0.05) is 45.9 Å². The SMILES string of the molecule is CCc1c2c(nc3ccc(OC(=O)CCCCCCCCC(=O)Oc4ccc5nc6c(c(CC)c5c4)Cn4c-6cc5c(c4=O)COC(=O)[C@@]5(O)CC)cc13)-c1cc3c(c(=O)n1C2)COC(=O)[C@]3(O)CC. The van der Waals surface area contributed by atoms with E-state index < -0.39 is 23.1 Å². The average Bonchev–Trinajstić information content (AvgIpc) is 3.92. The Morgan fingerprint density at radius 3 is 1.37 bits per heavy atom. The van der Waals surface area contributed by atoms with Crippen molar-refractivity contribution in [3.63, 3.8) is 0 Å². The number of hydrogen-bond donors (Lipinski definition) is 2. The van der Waals surface area contributed by atoms with Crippen LogP contribution in [-0.2, 0) is 79.0 Å². The number of pyridine rings is 4. The molecule has 0 bridgehead atoms. The standard InChI is InChI=1S/C54H54N4O12/c1-5-31-33-21-29(17-19-41(33)55-47-35(31)25-57-43(47)23-39-37(49(57)61)27-67-51(63)53(39,65)7-3)69-45(59)15-13-11-9-10-12-14-16-46(60)70-30-18-20-42-34(22-30)32(6-2)36-26-58-44(48(36)56-42)24-40-38(50(58)62)28-68-52(64)54(40,66)8-4/h17-24,65-66H,5-16,25-28H2,1-4H3/t53-,54+. The summed E-state index contributed by atoms with van der Waals surface area (Å²) in [5.41, 5.74) is 3.99. The number of ether oxygens (including phenoxy) is 4. The first-order valence-electron chi connectivity index (χ1n) is 24.4. The number of nitrogens with zero attached hydrogens (tertiary/aromatic N) is 4. The van der Waals surface area contributed by atoms with E-state index in [4.69, 9.17) is 28.9 Å². The van der Waals surface area contributed by atoms with Gasteiger partial charge in [-0.25, -0.2) is 19.6 Å². The van der Waals surface area contributed by atoms with Crippen LogP contribution < -0.4 is 20.6 Å². The van der Waals surface area contributed by atoms with E-state index >= 15 is 0 Å². The van der Waals surface area contributed by atoms with Crippen LogP contribution in [0, 0.1) is 0 Å². The van der Waals surface area contributed by atoms with E-state index in [1.54, 1.807) is 59.4 Å². The number of benzene rings is 2. The van der Waals surface area contributed by atoms with E-state index in [9.17, 15) is 39.0 Å². The molecule has 70 heavy (non-hydrogen) atoms. The summed E-state index contributed by atoms with van der Waals surface area (Å²) >= 11 is 0. The van der Waals surface area contributed by atoms with Gasteiger partial charge in [-0.05, 0) is 98.2 Å². The van der Waals surface area contributed by atoms with Gasteiger partial charge in [-0.2, -0.15) is 0 Å². The van der Waals surface area contributed by atoms with Crippen molar-refractivity contribution in [2.45, 2.75) is 142 Å². The molecular formula is C54H54N4O12. The molecule has 2 aromatic carbocycles. The number of aliphatic hydroxyl groups is 2. The maximum Gasteiger partial charge on any atom is 0.343 e. The lowest BCUT2D eigenvalue weighted by Crippen LogP contribution is -2.44. The van der Waals surface area contributed by atoms with Crippen LogP contribution in [0.5, 0.6) is 11.5 Å². The Balaban J connectivity index is 0.702. The number of aromatic nitrogens is 4. The summed E-state index contributed by atoms with van der Waals surface area (Å²) in [6.07, 6.45) is 6.68. The number of carbonyl (C=O) groups excluding carboxylic acids is 4. The van der Waals surface area contributed by atoms with Crippen LogP contribution in [0.3, 0.4) is 0 Å². The first-order chi connectivity index (χ1) is 33.7. The maximum absolute atomic E-state index is 13.7. The van der Waals surface area contributed by atoms with Crippen molar-refractivity contribution in [2.24, 2.45) is 0 Å². The fraction of sp³-hybridized carbons (Fsp3) is 0.407. The number of esters is 4. The molecular weight excluding hydrogens is 897 g/mol. The smallest absolute Gasteiger partial charge is 0.343 e. The molecule has 2 N–H and O–H groups in total. The van der Waals surface area contributed by atoms with Gasteiger partial charge in [0.15, 0.2) is 11.2 Å². The summed E-state index contributed by atoms with van der Waals surface area (Å²) in [6, 6.07) is 14.1. The van der Waals surface area contributed by atoms with Crippen molar-refractivity contribution in [3.8, 4) is 34.3 Å². The zero-order valence-electron chi connectivity index (χ0n) is 39.7. The second-order valence-electron chi connectivity index (χ2n) is 18.7.